The average Bonchev–Trinajstić information content (AvgIpc) is 3.55. The Hall–Kier alpha value is -3.90. The van der Waals surface area contributed by atoms with Crippen molar-refractivity contribution < 1.29 is 27.9 Å². The summed E-state index contributed by atoms with van der Waals surface area (Å²) in [6, 6.07) is 7.33. The highest BCUT2D eigenvalue weighted by Crippen LogP contribution is 2.43. The number of hydrogen-bond donors (Lipinski definition) is 1. The van der Waals surface area contributed by atoms with Crippen molar-refractivity contribution in [1.29, 1.82) is 0 Å². The summed E-state index contributed by atoms with van der Waals surface area (Å²) in [7, 11) is 0. The normalized spacial score (nSPS) is 17.3. The Kier molecular flexibility index (Phi) is 7.32. The number of nitrogens with zero attached hydrogens (tertiary/aromatic N) is 2. The number of aromatic nitrogens is 2. The van der Waals surface area contributed by atoms with Gasteiger partial charge in [-0.2, -0.15) is 0 Å². The molecule has 2 heterocycles. The first-order chi connectivity index (χ1) is 18.7. The van der Waals surface area contributed by atoms with Crippen LogP contribution in [0.1, 0.15) is 76.4 Å². The average molecular weight is 551 g/mol. The summed E-state index contributed by atoms with van der Waals surface area (Å²) in [5, 5.41) is 10.5. The molecule has 200 valence electrons. The molecule has 2 atom stereocenters. The molecule has 2 aromatic heterocycles. The third-order valence-electron chi connectivity index (χ3n) is 7.32. The molecule has 0 aliphatic heterocycles. The quantitative estimate of drug-likeness (QED) is 0.191. The van der Waals surface area contributed by atoms with Gasteiger partial charge in [0.15, 0.2) is 23.1 Å². The molecule has 0 bridgehead atoms. The standard InChI is InChI=1S/C30H25F3N2O3S/c1-3-18-8-11-27(39-18)26(37)13-16-6-5-7-17(12-16)35-24-15-22(33)19(25(36)4-2)14-23(24)34-30(35)28-20(31)9-10-21(32)29(28)38/h1,8-11,14-17,38H,4-7,12-13H2,2H3/t16-,17+/m1/s1. The topological polar surface area (TPSA) is 72.2 Å². The van der Waals surface area contributed by atoms with E-state index in [-0.39, 0.29) is 47.5 Å². The maximum absolute atomic E-state index is 15.1. The summed E-state index contributed by atoms with van der Waals surface area (Å²) in [5.41, 5.74) is -0.0508. The van der Waals surface area contributed by atoms with Crippen LogP contribution >= 0.6 is 11.3 Å². The smallest absolute Gasteiger partial charge is 0.173 e. The molecular formula is C30H25F3N2O3S. The lowest BCUT2D eigenvalue weighted by Crippen LogP contribution is -2.22. The van der Waals surface area contributed by atoms with Gasteiger partial charge in [-0.15, -0.1) is 17.8 Å². The second-order valence-electron chi connectivity index (χ2n) is 9.78. The van der Waals surface area contributed by atoms with Crippen molar-refractivity contribution in [2.24, 2.45) is 5.92 Å². The Morgan fingerprint density at radius 1 is 1.10 bits per heavy atom. The molecule has 0 amide bonds. The van der Waals surface area contributed by atoms with Crippen molar-refractivity contribution in [3.63, 3.8) is 0 Å². The van der Waals surface area contributed by atoms with Crippen LogP contribution in [0.5, 0.6) is 5.75 Å². The summed E-state index contributed by atoms with van der Waals surface area (Å²) in [4.78, 5) is 31.0. The second-order valence-corrected chi connectivity index (χ2v) is 10.9. The first-order valence-electron chi connectivity index (χ1n) is 12.7. The lowest BCUT2D eigenvalue weighted by molar-refractivity contribution is 0.0944. The number of Topliss-reactive ketones (excluding diaryl/α,β-unsaturated/α-hetero) is 2. The number of benzene rings is 2. The number of phenols is 1. The molecule has 9 heteroatoms. The van der Waals surface area contributed by atoms with Crippen molar-refractivity contribution in [1.82, 2.24) is 9.55 Å². The summed E-state index contributed by atoms with van der Waals surface area (Å²) in [5.74, 6) is -1.54. The number of terminal acetylenes is 1. The van der Waals surface area contributed by atoms with Crippen LogP contribution < -0.4 is 0 Å². The predicted octanol–water partition coefficient (Wildman–Crippen LogP) is 7.47. The number of phenolic OH excluding ortho intramolecular Hbond substituents is 1. The minimum absolute atomic E-state index is 0.0188. The Morgan fingerprint density at radius 3 is 2.59 bits per heavy atom. The van der Waals surface area contributed by atoms with E-state index in [2.05, 4.69) is 10.9 Å². The van der Waals surface area contributed by atoms with Crippen LogP contribution in [0.4, 0.5) is 13.2 Å². The molecule has 5 rings (SSSR count). The van der Waals surface area contributed by atoms with Crippen molar-refractivity contribution in [3.8, 4) is 29.5 Å². The number of fused-ring (bicyclic) bond motifs is 1. The molecule has 0 spiro atoms. The van der Waals surface area contributed by atoms with E-state index in [1.807, 2.05) is 0 Å². The number of carbonyl (C=O) groups is 2. The van der Waals surface area contributed by atoms with Crippen molar-refractivity contribution in [2.75, 3.05) is 0 Å². The molecule has 1 fully saturated rings. The van der Waals surface area contributed by atoms with Crippen molar-refractivity contribution in [3.05, 3.63) is 69.2 Å². The van der Waals surface area contributed by atoms with Gasteiger partial charge in [0.2, 0.25) is 0 Å². The minimum Gasteiger partial charge on any atom is -0.504 e. The highest BCUT2D eigenvalue weighted by molar-refractivity contribution is 7.14. The Morgan fingerprint density at radius 2 is 1.87 bits per heavy atom. The van der Waals surface area contributed by atoms with Gasteiger partial charge in [-0.25, -0.2) is 18.2 Å². The van der Waals surface area contributed by atoms with E-state index in [4.69, 9.17) is 6.42 Å². The van der Waals surface area contributed by atoms with Gasteiger partial charge in [0.1, 0.15) is 17.5 Å². The number of rotatable bonds is 7. The highest BCUT2D eigenvalue weighted by atomic mass is 32.1. The maximum atomic E-state index is 15.1. The summed E-state index contributed by atoms with van der Waals surface area (Å²) in [6.07, 6.45) is 8.46. The van der Waals surface area contributed by atoms with E-state index in [9.17, 15) is 19.1 Å². The van der Waals surface area contributed by atoms with Crippen molar-refractivity contribution in [2.45, 2.75) is 51.5 Å². The van der Waals surface area contributed by atoms with Crippen LogP contribution in [-0.4, -0.2) is 26.2 Å². The van der Waals surface area contributed by atoms with E-state index in [1.165, 1.54) is 23.5 Å². The van der Waals surface area contributed by atoms with E-state index in [0.29, 0.717) is 28.1 Å². The molecule has 1 aliphatic carbocycles. The van der Waals surface area contributed by atoms with Crippen LogP contribution in [-0.2, 0) is 0 Å². The van der Waals surface area contributed by atoms with Gasteiger partial charge >= 0.3 is 0 Å². The zero-order chi connectivity index (χ0) is 27.8. The fraction of sp³-hybridized carbons (Fsp3) is 0.300. The number of halogens is 3. The Bertz CT molecular complexity index is 1650. The Balaban J connectivity index is 1.59. The first kappa shape index (κ1) is 26.7. The summed E-state index contributed by atoms with van der Waals surface area (Å²) < 4.78 is 46.1. The molecular weight excluding hydrogens is 525 g/mol. The molecule has 0 saturated heterocycles. The van der Waals surface area contributed by atoms with E-state index in [0.717, 1.165) is 25.0 Å². The van der Waals surface area contributed by atoms with Crippen LogP contribution in [0.2, 0.25) is 0 Å². The van der Waals surface area contributed by atoms with Gasteiger partial charge in [0, 0.05) is 24.9 Å². The van der Waals surface area contributed by atoms with Gasteiger partial charge in [-0.3, -0.25) is 9.59 Å². The lowest BCUT2D eigenvalue weighted by Gasteiger charge is -2.31. The largest absolute Gasteiger partial charge is 0.504 e. The van der Waals surface area contributed by atoms with Crippen LogP contribution in [0, 0.1) is 35.7 Å². The number of imidazole rings is 1. The number of ketones is 2. The summed E-state index contributed by atoms with van der Waals surface area (Å²) in [6.45, 7) is 1.61. The minimum atomic E-state index is -1.02. The van der Waals surface area contributed by atoms with Crippen LogP contribution in [0.25, 0.3) is 22.4 Å². The fourth-order valence-corrected chi connectivity index (χ4v) is 6.20. The maximum Gasteiger partial charge on any atom is 0.173 e. The van der Waals surface area contributed by atoms with Gasteiger partial charge in [-0.1, -0.05) is 19.3 Å². The molecule has 0 radical (unpaired) electrons. The number of carbonyl (C=O) groups excluding carboxylic acids is 2. The van der Waals surface area contributed by atoms with Crippen molar-refractivity contribution >= 4 is 33.9 Å². The molecule has 4 aromatic rings. The highest BCUT2D eigenvalue weighted by Gasteiger charge is 2.31. The predicted molar refractivity (Wildman–Crippen MR) is 144 cm³/mol. The molecule has 2 aromatic carbocycles. The SMILES string of the molecule is C#Cc1ccc(C(=O)C[C@@H]2CCC[C@H](n3c(-c4c(F)ccc(F)c4O)nc4cc(C(=O)CC)c(F)cc43)C2)s1. The third kappa shape index (κ3) is 4.97. The number of aromatic hydroxyl groups is 1. The fourth-order valence-electron chi connectivity index (χ4n) is 5.43. The number of thiophene rings is 1. The molecule has 0 unspecified atom stereocenters. The van der Waals surface area contributed by atoms with Gasteiger partial charge in [0.05, 0.1) is 31.9 Å². The zero-order valence-corrected chi connectivity index (χ0v) is 22.0. The van der Waals surface area contributed by atoms with Crippen LogP contribution in [0.3, 0.4) is 0 Å². The zero-order valence-electron chi connectivity index (χ0n) is 21.1. The molecule has 39 heavy (non-hydrogen) atoms. The van der Waals surface area contributed by atoms with Gasteiger partial charge < -0.3 is 9.67 Å². The van der Waals surface area contributed by atoms with Crippen LogP contribution in [0.15, 0.2) is 36.4 Å². The first-order valence-corrected chi connectivity index (χ1v) is 13.5. The molecule has 1 N–H and O–H groups in total. The lowest BCUT2D eigenvalue weighted by atomic mass is 9.82. The van der Waals surface area contributed by atoms with E-state index in [1.54, 1.807) is 23.6 Å². The van der Waals surface area contributed by atoms with E-state index < -0.39 is 34.5 Å². The Labute approximate surface area is 227 Å². The van der Waals surface area contributed by atoms with E-state index >= 15 is 8.78 Å². The second kappa shape index (κ2) is 10.7. The van der Waals surface area contributed by atoms with Gasteiger partial charge in [0.25, 0.3) is 0 Å². The monoisotopic (exact) mass is 550 g/mol. The third-order valence-corrected chi connectivity index (χ3v) is 8.38. The number of hydrogen-bond acceptors (Lipinski definition) is 5. The molecule has 5 nitrogen and oxygen atoms in total. The molecule has 1 aliphatic rings. The molecule has 1 saturated carbocycles. The summed E-state index contributed by atoms with van der Waals surface area (Å²) >= 11 is 1.27. The van der Waals surface area contributed by atoms with Gasteiger partial charge in [-0.05, 0) is 55.5 Å².